The molecule has 0 spiro atoms. The Morgan fingerprint density at radius 2 is 1.00 bits per heavy atom. The van der Waals surface area contributed by atoms with E-state index in [1.807, 2.05) is 67.8 Å². The summed E-state index contributed by atoms with van der Waals surface area (Å²) in [4.78, 5) is 32.5. The molecule has 2 atom stereocenters. The molecule has 2 aromatic carbocycles. The summed E-state index contributed by atoms with van der Waals surface area (Å²) in [5, 5.41) is 0. The number of carbonyl (C=O) groups excluding carboxylic acids is 2. The number of nitrogens with zero attached hydrogens (tertiary/aromatic N) is 4. The molecule has 0 saturated carbocycles. The van der Waals surface area contributed by atoms with E-state index in [0.29, 0.717) is 0 Å². The van der Waals surface area contributed by atoms with Crippen LogP contribution in [0.5, 0.6) is 0 Å². The number of carbonyl (C=O) groups is 2. The Kier molecular flexibility index (Phi) is 11.8. The molecule has 0 bridgehead atoms. The van der Waals surface area contributed by atoms with Crippen molar-refractivity contribution in [3.8, 4) is 0 Å². The molecule has 42 heavy (non-hydrogen) atoms. The second-order valence-electron chi connectivity index (χ2n) is 13.5. The third kappa shape index (κ3) is 11.3. The first-order valence-corrected chi connectivity index (χ1v) is 15.1. The van der Waals surface area contributed by atoms with E-state index in [0.717, 1.165) is 52.1 Å². The molecule has 2 fully saturated rings. The van der Waals surface area contributed by atoms with Crippen LogP contribution >= 0.6 is 0 Å². The van der Waals surface area contributed by atoms with Crippen LogP contribution < -0.4 is 0 Å². The van der Waals surface area contributed by atoms with E-state index in [9.17, 15) is 9.59 Å². The monoisotopic (exact) mass is 580 g/mol. The quantitative estimate of drug-likeness (QED) is 0.402. The summed E-state index contributed by atoms with van der Waals surface area (Å²) in [5.74, 6) is 0. The first-order chi connectivity index (χ1) is 19.7. The summed E-state index contributed by atoms with van der Waals surface area (Å²) >= 11 is 0. The molecular formula is C34H52N4O4. The Bertz CT molecular complexity index is 1020. The van der Waals surface area contributed by atoms with Gasteiger partial charge in [-0.05, 0) is 65.5 Å². The SMILES string of the molecule is CN(C(=O)OC(C)(C)C)C1CCN(Cc2ccccc2)C1.CN(C(=O)OC(C)(C)C)C1CCN(Cc2ccccc2)C1. The molecule has 232 valence electrons. The van der Waals surface area contributed by atoms with Gasteiger partial charge in [0, 0.05) is 65.4 Å². The first-order valence-electron chi connectivity index (χ1n) is 15.1. The Labute approximate surface area is 253 Å². The van der Waals surface area contributed by atoms with Crippen LogP contribution in [0.3, 0.4) is 0 Å². The van der Waals surface area contributed by atoms with Gasteiger partial charge in [0.15, 0.2) is 0 Å². The lowest BCUT2D eigenvalue weighted by molar-refractivity contribution is 0.0217. The zero-order chi connectivity index (χ0) is 30.9. The number of likely N-dealkylation sites (tertiary alicyclic amines) is 2. The van der Waals surface area contributed by atoms with Gasteiger partial charge in [0.1, 0.15) is 11.2 Å². The van der Waals surface area contributed by atoms with E-state index < -0.39 is 11.2 Å². The summed E-state index contributed by atoms with van der Waals surface area (Å²) < 4.78 is 10.9. The molecule has 2 unspecified atom stereocenters. The van der Waals surface area contributed by atoms with Gasteiger partial charge in [-0.1, -0.05) is 60.7 Å². The highest BCUT2D eigenvalue weighted by molar-refractivity contribution is 5.68. The normalized spacial score (nSPS) is 19.5. The molecule has 8 nitrogen and oxygen atoms in total. The summed E-state index contributed by atoms with van der Waals surface area (Å²) in [7, 11) is 3.68. The number of hydrogen-bond donors (Lipinski definition) is 0. The maximum Gasteiger partial charge on any atom is 0.410 e. The highest BCUT2D eigenvalue weighted by atomic mass is 16.6. The van der Waals surface area contributed by atoms with Crippen LogP contribution in [-0.4, -0.2) is 95.3 Å². The van der Waals surface area contributed by atoms with E-state index in [2.05, 4.69) is 58.3 Å². The van der Waals surface area contributed by atoms with Crippen LogP contribution in [0.25, 0.3) is 0 Å². The molecule has 2 aliphatic heterocycles. The Morgan fingerprint density at radius 3 is 1.31 bits per heavy atom. The standard InChI is InChI=1S/2C17H26N2O2/c2*1-17(2,3)21-16(20)18(4)15-10-11-19(13-15)12-14-8-6-5-7-9-14/h2*5-9,15H,10-13H2,1-4H3. The van der Waals surface area contributed by atoms with Crippen molar-refractivity contribution in [3.05, 3.63) is 71.8 Å². The molecule has 2 aliphatic rings. The maximum atomic E-state index is 12.1. The van der Waals surface area contributed by atoms with E-state index in [1.54, 1.807) is 9.80 Å². The molecule has 2 heterocycles. The lowest BCUT2D eigenvalue weighted by Gasteiger charge is -2.28. The number of likely N-dealkylation sites (N-methyl/N-ethyl adjacent to an activating group) is 2. The molecule has 8 heteroatoms. The van der Waals surface area contributed by atoms with Crippen LogP contribution in [-0.2, 0) is 22.6 Å². The molecule has 2 aromatic rings. The van der Waals surface area contributed by atoms with Crippen molar-refractivity contribution in [2.45, 2.75) is 90.8 Å². The minimum absolute atomic E-state index is 0.228. The van der Waals surface area contributed by atoms with E-state index >= 15 is 0 Å². The van der Waals surface area contributed by atoms with Crippen molar-refractivity contribution in [1.29, 1.82) is 0 Å². The topological polar surface area (TPSA) is 65.6 Å². The number of ether oxygens (including phenoxy) is 2. The summed E-state index contributed by atoms with van der Waals surface area (Å²) in [5.41, 5.74) is 1.76. The van der Waals surface area contributed by atoms with E-state index in [-0.39, 0.29) is 24.3 Å². The van der Waals surface area contributed by atoms with Crippen LogP contribution in [0.4, 0.5) is 9.59 Å². The minimum Gasteiger partial charge on any atom is -0.444 e. The maximum absolute atomic E-state index is 12.1. The fourth-order valence-corrected chi connectivity index (χ4v) is 5.19. The Hall–Kier alpha value is -3.10. The Morgan fingerprint density at radius 1 is 0.667 bits per heavy atom. The third-order valence-electron chi connectivity index (χ3n) is 7.45. The minimum atomic E-state index is -0.437. The number of amides is 2. The van der Waals surface area contributed by atoms with Gasteiger partial charge in [-0.25, -0.2) is 9.59 Å². The fourth-order valence-electron chi connectivity index (χ4n) is 5.19. The number of hydrogen-bond acceptors (Lipinski definition) is 6. The van der Waals surface area contributed by atoms with Crippen molar-refractivity contribution < 1.29 is 19.1 Å². The predicted molar refractivity (Wildman–Crippen MR) is 168 cm³/mol. The van der Waals surface area contributed by atoms with Gasteiger partial charge in [-0.3, -0.25) is 9.80 Å². The first kappa shape index (κ1) is 33.4. The van der Waals surface area contributed by atoms with Gasteiger partial charge in [-0.2, -0.15) is 0 Å². The van der Waals surface area contributed by atoms with Crippen molar-refractivity contribution in [1.82, 2.24) is 19.6 Å². The van der Waals surface area contributed by atoms with Gasteiger partial charge < -0.3 is 19.3 Å². The van der Waals surface area contributed by atoms with E-state index in [4.69, 9.17) is 9.47 Å². The average molecular weight is 581 g/mol. The van der Waals surface area contributed by atoms with Crippen LogP contribution in [0.1, 0.15) is 65.5 Å². The molecule has 0 radical (unpaired) electrons. The number of benzene rings is 2. The molecular weight excluding hydrogens is 528 g/mol. The van der Waals surface area contributed by atoms with Gasteiger partial charge in [0.05, 0.1) is 0 Å². The molecule has 2 amide bonds. The van der Waals surface area contributed by atoms with Gasteiger partial charge in [-0.15, -0.1) is 0 Å². The number of rotatable bonds is 6. The van der Waals surface area contributed by atoms with Crippen molar-refractivity contribution in [2.24, 2.45) is 0 Å². The molecule has 0 N–H and O–H groups in total. The zero-order valence-corrected chi connectivity index (χ0v) is 27.0. The largest absolute Gasteiger partial charge is 0.444 e. The molecule has 0 aromatic heterocycles. The summed E-state index contributed by atoms with van der Waals surface area (Å²) in [6.45, 7) is 17.1. The van der Waals surface area contributed by atoms with E-state index in [1.165, 1.54) is 11.1 Å². The Balaban J connectivity index is 0.000000230. The average Bonchev–Trinajstić information content (AvgIpc) is 3.57. The van der Waals surface area contributed by atoms with Crippen molar-refractivity contribution >= 4 is 12.2 Å². The molecule has 0 aliphatic carbocycles. The van der Waals surface area contributed by atoms with Gasteiger partial charge in [0.2, 0.25) is 0 Å². The highest BCUT2D eigenvalue weighted by Gasteiger charge is 2.32. The summed E-state index contributed by atoms with van der Waals surface area (Å²) in [6, 6.07) is 21.4. The van der Waals surface area contributed by atoms with Crippen LogP contribution in [0.15, 0.2) is 60.7 Å². The molecule has 2 saturated heterocycles. The second kappa shape index (κ2) is 14.9. The van der Waals surface area contributed by atoms with Gasteiger partial charge >= 0.3 is 12.2 Å². The van der Waals surface area contributed by atoms with Crippen molar-refractivity contribution in [3.63, 3.8) is 0 Å². The van der Waals surface area contributed by atoms with Gasteiger partial charge in [0.25, 0.3) is 0 Å². The smallest absolute Gasteiger partial charge is 0.410 e. The zero-order valence-electron chi connectivity index (χ0n) is 27.0. The highest BCUT2D eigenvalue weighted by Crippen LogP contribution is 2.21. The predicted octanol–water partition coefficient (Wildman–Crippen LogP) is 6.26. The van der Waals surface area contributed by atoms with Crippen LogP contribution in [0, 0.1) is 0 Å². The lowest BCUT2D eigenvalue weighted by atomic mass is 10.2. The fraction of sp³-hybridized carbons (Fsp3) is 0.588. The lowest BCUT2D eigenvalue weighted by Crippen LogP contribution is -2.42. The third-order valence-corrected chi connectivity index (χ3v) is 7.45. The summed E-state index contributed by atoms with van der Waals surface area (Å²) in [6.07, 6.45) is 1.55. The molecule has 4 rings (SSSR count). The van der Waals surface area contributed by atoms with Crippen molar-refractivity contribution in [2.75, 3.05) is 40.3 Å². The van der Waals surface area contributed by atoms with Crippen LogP contribution in [0.2, 0.25) is 0 Å². The second-order valence-corrected chi connectivity index (χ2v) is 13.5.